The molecule has 1 saturated heterocycles. The quantitative estimate of drug-likeness (QED) is 0.493. The number of fused-ring (bicyclic) bond motifs is 1. The number of aromatic nitrogens is 1. The Bertz CT molecular complexity index is 1180. The van der Waals surface area contributed by atoms with Gasteiger partial charge in [0.2, 0.25) is 0 Å². The second-order valence-electron chi connectivity index (χ2n) is 8.70. The number of nitrogens with one attached hydrogen (secondary N) is 1. The fourth-order valence-electron chi connectivity index (χ4n) is 4.14. The van der Waals surface area contributed by atoms with Gasteiger partial charge in [-0.25, -0.2) is 4.98 Å². The summed E-state index contributed by atoms with van der Waals surface area (Å²) in [6, 6.07) is 15.9. The summed E-state index contributed by atoms with van der Waals surface area (Å²) in [4.78, 5) is 22.7. The van der Waals surface area contributed by atoms with E-state index < -0.39 is 0 Å². The molecule has 7 heteroatoms. The Morgan fingerprint density at radius 1 is 1.15 bits per heavy atom. The number of carbonyl (C=O) groups excluding carboxylic acids is 1. The summed E-state index contributed by atoms with van der Waals surface area (Å²) < 4.78 is 6.43. The summed E-state index contributed by atoms with van der Waals surface area (Å²) >= 11 is 3.53. The smallest absolute Gasteiger partial charge is 0.252 e. The van der Waals surface area contributed by atoms with Gasteiger partial charge >= 0.3 is 0 Å². The van der Waals surface area contributed by atoms with Gasteiger partial charge in [0.15, 0.2) is 0 Å². The van der Waals surface area contributed by atoms with Gasteiger partial charge in [0.25, 0.3) is 5.91 Å². The molecule has 1 aliphatic rings. The standard InChI is InChI=1S/C27H31BrN4O2/c1-4-34-23-10-6-19(7-11-23)5-9-21-16-25(24-15-20(28)8-12-26(24)30-21)27(33)29-17-22-18-31(2)13-14-32(22)3/h5-12,15-16,22H,4,13-14,17-18H2,1-3H3,(H,29,33)/b9-5+. The molecule has 2 aromatic carbocycles. The molecule has 34 heavy (non-hydrogen) atoms. The number of nitrogens with zero attached hydrogens (tertiary/aromatic N) is 3. The number of likely N-dealkylation sites (N-methyl/N-ethyl adjacent to an activating group) is 2. The van der Waals surface area contributed by atoms with Crippen molar-refractivity contribution < 1.29 is 9.53 Å². The minimum atomic E-state index is -0.0807. The lowest BCUT2D eigenvalue weighted by Crippen LogP contribution is -2.54. The number of piperazine rings is 1. The predicted molar refractivity (Wildman–Crippen MR) is 142 cm³/mol. The topological polar surface area (TPSA) is 57.7 Å². The van der Waals surface area contributed by atoms with E-state index in [0.717, 1.165) is 52.0 Å². The van der Waals surface area contributed by atoms with Crippen molar-refractivity contribution in [2.75, 3.05) is 46.9 Å². The van der Waals surface area contributed by atoms with Crippen LogP contribution in [0.3, 0.4) is 0 Å². The van der Waals surface area contributed by atoms with Gasteiger partial charge in [-0.05, 0) is 69.1 Å². The summed E-state index contributed by atoms with van der Waals surface area (Å²) in [5, 5.41) is 3.99. The predicted octanol–water partition coefficient (Wildman–Crippen LogP) is 4.54. The second kappa shape index (κ2) is 11.1. The molecule has 178 valence electrons. The number of rotatable bonds is 7. The van der Waals surface area contributed by atoms with Crippen molar-refractivity contribution in [2.45, 2.75) is 13.0 Å². The third kappa shape index (κ3) is 6.03. The van der Waals surface area contributed by atoms with Gasteiger partial charge < -0.3 is 15.0 Å². The van der Waals surface area contributed by atoms with Crippen LogP contribution in [0, 0.1) is 0 Å². The number of benzene rings is 2. The van der Waals surface area contributed by atoms with E-state index in [9.17, 15) is 4.79 Å². The molecule has 1 fully saturated rings. The molecule has 1 aromatic heterocycles. The third-order valence-corrected chi connectivity index (χ3v) is 6.64. The van der Waals surface area contributed by atoms with E-state index in [1.165, 1.54) is 0 Å². The van der Waals surface area contributed by atoms with Crippen LogP contribution in [0.4, 0.5) is 0 Å². The van der Waals surface area contributed by atoms with Crippen LogP contribution in [0.1, 0.15) is 28.5 Å². The van der Waals surface area contributed by atoms with Crippen molar-refractivity contribution in [1.29, 1.82) is 0 Å². The van der Waals surface area contributed by atoms with Crippen LogP contribution in [0.25, 0.3) is 23.1 Å². The number of hydrogen-bond donors (Lipinski definition) is 1. The highest BCUT2D eigenvalue weighted by atomic mass is 79.9. The monoisotopic (exact) mass is 522 g/mol. The summed E-state index contributed by atoms with van der Waals surface area (Å²) in [5.41, 5.74) is 3.20. The van der Waals surface area contributed by atoms with E-state index >= 15 is 0 Å². The molecule has 3 aromatic rings. The number of hydrogen-bond acceptors (Lipinski definition) is 5. The van der Waals surface area contributed by atoms with E-state index in [-0.39, 0.29) is 5.91 Å². The van der Waals surface area contributed by atoms with Gasteiger partial charge in [0.05, 0.1) is 23.4 Å². The Kier molecular flexibility index (Phi) is 7.98. The van der Waals surface area contributed by atoms with E-state index in [2.05, 4.69) is 45.1 Å². The van der Waals surface area contributed by atoms with E-state index in [0.29, 0.717) is 24.8 Å². The minimum Gasteiger partial charge on any atom is -0.494 e. The average Bonchev–Trinajstić information content (AvgIpc) is 2.83. The molecule has 0 spiro atoms. The van der Waals surface area contributed by atoms with E-state index in [1.54, 1.807) is 0 Å². The zero-order valence-electron chi connectivity index (χ0n) is 19.9. The Labute approximate surface area is 209 Å². The fraction of sp³-hybridized carbons (Fsp3) is 0.333. The fourth-order valence-corrected chi connectivity index (χ4v) is 4.50. The average molecular weight is 523 g/mol. The van der Waals surface area contributed by atoms with Crippen LogP contribution >= 0.6 is 15.9 Å². The highest BCUT2D eigenvalue weighted by Crippen LogP contribution is 2.24. The Morgan fingerprint density at radius 3 is 2.71 bits per heavy atom. The first-order valence-corrected chi connectivity index (χ1v) is 12.4. The first-order valence-electron chi connectivity index (χ1n) is 11.6. The first kappa shape index (κ1) is 24.4. The van der Waals surface area contributed by atoms with Gasteiger partial charge in [0.1, 0.15) is 5.75 Å². The molecule has 0 bridgehead atoms. The Morgan fingerprint density at radius 2 is 1.94 bits per heavy atom. The maximum Gasteiger partial charge on any atom is 0.252 e. The Hall–Kier alpha value is -2.74. The van der Waals surface area contributed by atoms with E-state index in [1.807, 2.05) is 67.6 Å². The molecular weight excluding hydrogens is 492 g/mol. The van der Waals surface area contributed by atoms with Crippen LogP contribution in [0.15, 0.2) is 53.0 Å². The highest BCUT2D eigenvalue weighted by molar-refractivity contribution is 9.10. The lowest BCUT2D eigenvalue weighted by atomic mass is 10.1. The molecule has 1 unspecified atom stereocenters. The van der Waals surface area contributed by atoms with Crippen LogP contribution in [-0.2, 0) is 0 Å². The molecule has 1 N–H and O–H groups in total. The lowest BCUT2D eigenvalue weighted by Gasteiger charge is -2.37. The lowest BCUT2D eigenvalue weighted by molar-refractivity contribution is 0.0882. The van der Waals surface area contributed by atoms with Gasteiger partial charge in [-0.15, -0.1) is 0 Å². The Balaban J connectivity index is 1.57. The van der Waals surface area contributed by atoms with Crippen LogP contribution in [0.5, 0.6) is 5.75 Å². The van der Waals surface area contributed by atoms with Crippen molar-refractivity contribution in [2.24, 2.45) is 0 Å². The molecule has 1 atom stereocenters. The molecule has 0 aliphatic carbocycles. The van der Waals surface area contributed by atoms with Crippen LogP contribution in [-0.4, -0.2) is 73.6 Å². The molecular formula is C27H31BrN4O2. The minimum absolute atomic E-state index is 0.0807. The molecule has 1 aliphatic heterocycles. The number of pyridine rings is 1. The van der Waals surface area contributed by atoms with E-state index in [4.69, 9.17) is 9.72 Å². The largest absolute Gasteiger partial charge is 0.494 e. The normalized spacial score (nSPS) is 17.4. The number of carbonyl (C=O) groups is 1. The first-order chi connectivity index (χ1) is 16.4. The van der Waals surface area contributed by atoms with Crippen LogP contribution in [0.2, 0.25) is 0 Å². The zero-order chi connectivity index (χ0) is 24.1. The number of ether oxygens (including phenoxy) is 1. The molecule has 0 saturated carbocycles. The maximum atomic E-state index is 13.3. The van der Waals surface area contributed by atoms with Crippen molar-refractivity contribution in [3.8, 4) is 5.75 Å². The van der Waals surface area contributed by atoms with Gasteiger partial charge in [-0.1, -0.05) is 34.1 Å². The second-order valence-corrected chi connectivity index (χ2v) is 9.61. The summed E-state index contributed by atoms with van der Waals surface area (Å²) in [6.45, 7) is 6.21. The number of amides is 1. The maximum absolute atomic E-state index is 13.3. The third-order valence-electron chi connectivity index (χ3n) is 6.15. The molecule has 1 amide bonds. The number of halogens is 1. The van der Waals surface area contributed by atoms with Gasteiger partial charge in [0, 0.05) is 42.1 Å². The molecule has 6 nitrogen and oxygen atoms in total. The van der Waals surface area contributed by atoms with Crippen molar-refractivity contribution in [1.82, 2.24) is 20.1 Å². The van der Waals surface area contributed by atoms with Gasteiger partial charge in [-0.2, -0.15) is 0 Å². The van der Waals surface area contributed by atoms with Crippen LogP contribution < -0.4 is 10.1 Å². The summed E-state index contributed by atoms with van der Waals surface area (Å²) in [5.74, 6) is 0.769. The van der Waals surface area contributed by atoms with Crippen molar-refractivity contribution in [3.05, 3.63) is 69.8 Å². The SMILES string of the molecule is CCOc1ccc(/C=C/c2cc(C(=O)NCC3CN(C)CCN3C)c3cc(Br)ccc3n2)cc1. The summed E-state index contributed by atoms with van der Waals surface area (Å²) in [7, 11) is 4.24. The molecule has 0 radical (unpaired) electrons. The molecule has 4 rings (SSSR count). The summed E-state index contributed by atoms with van der Waals surface area (Å²) in [6.07, 6.45) is 3.94. The van der Waals surface area contributed by atoms with Gasteiger partial charge in [-0.3, -0.25) is 9.69 Å². The molecule has 2 heterocycles. The van der Waals surface area contributed by atoms with Crippen molar-refractivity contribution in [3.63, 3.8) is 0 Å². The highest BCUT2D eigenvalue weighted by Gasteiger charge is 2.23. The zero-order valence-corrected chi connectivity index (χ0v) is 21.5. The van der Waals surface area contributed by atoms with Crippen molar-refractivity contribution >= 4 is 44.9 Å².